The second-order valence-corrected chi connectivity index (χ2v) is 5.69. The number of benzene rings is 1. The van der Waals surface area contributed by atoms with Crippen LogP contribution in [0, 0.1) is 5.92 Å². The molecule has 2 atom stereocenters. The van der Waals surface area contributed by atoms with E-state index in [2.05, 4.69) is 36.3 Å². The lowest BCUT2D eigenvalue weighted by molar-refractivity contribution is 0.370. The van der Waals surface area contributed by atoms with Gasteiger partial charge in [-0.3, -0.25) is 0 Å². The lowest BCUT2D eigenvalue weighted by atomic mass is 9.92. The highest BCUT2D eigenvalue weighted by atomic mass is 35.5. The summed E-state index contributed by atoms with van der Waals surface area (Å²) in [6.07, 6.45) is 4.93. The van der Waals surface area contributed by atoms with E-state index in [4.69, 9.17) is 11.6 Å². The molecule has 2 rings (SSSR count). The van der Waals surface area contributed by atoms with Crippen molar-refractivity contribution in [2.45, 2.75) is 32.9 Å². The number of rotatable bonds is 6. The third-order valence-electron chi connectivity index (χ3n) is 3.84. The third kappa shape index (κ3) is 3.62. The highest BCUT2D eigenvalue weighted by molar-refractivity contribution is 6.30. The summed E-state index contributed by atoms with van der Waals surface area (Å²) in [5, 5.41) is 4.40. The zero-order valence-electron chi connectivity index (χ0n) is 12.3. The van der Waals surface area contributed by atoms with Gasteiger partial charge in [0, 0.05) is 30.5 Å². The van der Waals surface area contributed by atoms with Crippen LogP contribution in [-0.2, 0) is 13.6 Å². The summed E-state index contributed by atoms with van der Waals surface area (Å²) in [6.45, 7) is 5.25. The lowest BCUT2D eigenvalue weighted by Gasteiger charge is -2.25. The molecule has 4 heteroatoms. The largest absolute Gasteiger partial charge is 0.337 e. The van der Waals surface area contributed by atoms with Gasteiger partial charge in [-0.2, -0.15) is 0 Å². The molecule has 0 spiro atoms. The van der Waals surface area contributed by atoms with Gasteiger partial charge in [-0.1, -0.05) is 44.0 Å². The molecule has 0 saturated carbocycles. The van der Waals surface area contributed by atoms with Crippen LogP contribution in [0.3, 0.4) is 0 Å². The molecule has 0 bridgehead atoms. The van der Waals surface area contributed by atoms with Crippen LogP contribution in [-0.4, -0.2) is 9.55 Å². The van der Waals surface area contributed by atoms with Crippen molar-refractivity contribution in [1.29, 1.82) is 0 Å². The van der Waals surface area contributed by atoms with Gasteiger partial charge >= 0.3 is 0 Å². The molecule has 0 aliphatic carbocycles. The van der Waals surface area contributed by atoms with Crippen LogP contribution in [0.2, 0.25) is 5.02 Å². The molecule has 0 fully saturated rings. The Morgan fingerprint density at radius 1 is 1.30 bits per heavy atom. The number of hydrogen-bond acceptors (Lipinski definition) is 2. The average Bonchev–Trinajstić information content (AvgIpc) is 2.86. The highest BCUT2D eigenvalue weighted by Crippen LogP contribution is 2.25. The van der Waals surface area contributed by atoms with Gasteiger partial charge in [-0.25, -0.2) is 4.98 Å². The van der Waals surface area contributed by atoms with Crippen LogP contribution in [0.25, 0.3) is 0 Å². The number of nitrogens with zero attached hydrogens (tertiary/aromatic N) is 2. The number of aryl methyl sites for hydroxylation is 1. The fraction of sp³-hybridized carbons (Fsp3) is 0.438. The van der Waals surface area contributed by atoms with Crippen molar-refractivity contribution in [2.24, 2.45) is 13.0 Å². The highest BCUT2D eigenvalue weighted by Gasteiger charge is 2.18. The zero-order valence-corrected chi connectivity index (χ0v) is 13.1. The van der Waals surface area contributed by atoms with E-state index in [0.29, 0.717) is 12.0 Å². The fourth-order valence-corrected chi connectivity index (χ4v) is 2.45. The summed E-state index contributed by atoms with van der Waals surface area (Å²) >= 11 is 5.98. The molecule has 0 amide bonds. The Bertz CT molecular complexity index is 533. The number of hydrogen-bond donors (Lipinski definition) is 1. The minimum absolute atomic E-state index is 0.314. The predicted molar refractivity (Wildman–Crippen MR) is 83.7 cm³/mol. The Morgan fingerprint density at radius 3 is 2.55 bits per heavy atom. The van der Waals surface area contributed by atoms with Gasteiger partial charge in [0.05, 0.1) is 6.54 Å². The molecule has 1 heterocycles. The minimum atomic E-state index is 0.314. The van der Waals surface area contributed by atoms with E-state index in [-0.39, 0.29) is 0 Å². The summed E-state index contributed by atoms with van der Waals surface area (Å²) in [7, 11) is 2.02. The monoisotopic (exact) mass is 291 g/mol. The van der Waals surface area contributed by atoms with E-state index in [1.165, 1.54) is 5.56 Å². The Morgan fingerprint density at radius 2 is 2.00 bits per heavy atom. The maximum absolute atomic E-state index is 5.98. The number of imidazole rings is 1. The molecule has 0 aliphatic rings. The molecule has 0 aliphatic heterocycles. The standard InChI is InChI=1S/C16H22ClN3/c1-4-12(2)16(13-5-7-14(17)8-6-13)19-11-15-18-9-10-20(15)3/h5-10,12,16,19H,4,11H2,1-3H3/t12-,16+/m1/s1. The van der Waals surface area contributed by atoms with Crippen LogP contribution < -0.4 is 5.32 Å². The number of aromatic nitrogens is 2. The third-order valence-corrected chi connectivity index (χ3v) is 4.10. The van der Waals surface area contributed by atoms with Gasteiger partial charge in [-0.05, 0) is 23.6 Å². The van der Waals surface area contributed by atoms with E-state index < -0.39 is 0 Å². The quantitative estimate of drug-likeness (QED) is 0.873. The van der Waals surface area contributed by atoms with E-state index in [9.17, 15) is 0 Å². The second-order valence-electron chi connectivity index (χ2n) is 5.25. The van der Waals surface area contributed by atoms with Crippen LogP contribution in [0.1, 0.15) is 37.7 Å². The van der Waals surface area contributed by atoms with Crippen molar-refractivity contribution < 1.29 is 0 Å². The van der Waals surface area contributed by atoms with Gasteiger partial charge in [0.1, 0.15) is 5.82 Å². The molecule has 1 aromatic heterocycles. The molecule has 3 nitrogen and oxygen atoms in total. The van der Waals surface area contributed by atoms with Gasteiger partial charge in [0.25, 0.3) is 0 Å². The molecule has 0 unspecified atom stereocenters. The molecule has 1 aromatic carbocycles. The normalized spacial score (nSPS) is 14.2. The van der Waals surface area contributed by atoms with Crippen molar-refractivity contribution >= 4 is 11.6 Å². The fourth-order valence-electron chi connectivity index (χ4n) is 2.32. The first-order chi connectivity index (χ1) is 9.61. The predicted octanol–water partition coefficient (Wildman–Crippen LogP) is 3.95. The maximum atomic E-state index is 5.98. The van der Waals surface area contributed by atoms with Crippen molar-refractivity contribution in [3.05, 3.63) is 53.1 Å². The van der Waals surface area contributed by atoms with Crippen LogP contribution in [0.5, 0.6) is 0 Å². The Hall–Kier alpha value is -1.32. The van der Waals surface area contributed by atoms with Crippen LogP contribution >= 0.6 is 11.6 Å². The Labute approximate surface area is 126 Å². The summed E-state index contributed by atoms with van der Waals surface area (Å²) in [5.74, 6) is 1.60. The molecule has 0 radical (unpaired) electrons. The zero-order chi connectivity index (χ0) is 14.5. The molecular formula is C16H22ClN3. The molecule has 0 saturated heterocycles. The minimum Gasteiger partial charge on any atom is -0.337 e. The summed E-state index contributed by atoms with van der Waals surface area (Å²) in [6, 6.07) is 8.42. The SMILES string of the molecule is CC[C@@H](C)[C@H](NCc1nccn1C)c1ccc(Cl)cc1. The van der Waals surface area contributed by atoms with Crippen LogP contribution in [0.15, 0.2) is 36.7 Å². The van der Waals surface area contributed by atoms with Gasteiger partial charge in [0.15, 0.2) is 0 Å². The Kier molecular flexibility index (Phi) is 5.21. The average molecular weight is 292 g/mol. The number of halogens is 1. The van der Waals surface area contributed by atoms with E-state index >= 15 is 0 Å². The first-order valence-corrected chi connectivity index (χ1v) is 7.44. The molecule has 20 heavy (non-hydrogen) atoms. The van der Waals surface area contributed by atoms with Crippen molar-refractivity contribution in [3.8, 4) is 0 Å². The summed E-state index contributed by atoms with van der Waals surface area (Å²) in [4.78, 5) is 4.36. The van der Waals surface area contributed by atoms with Crippen molar-refractivity contribution in [1.82, 2.24) is 14.9 Å². The molecule has 2 aromatic rings. The van der Waals surface area contributed by atoms with Crippen LogP contribution in [0.4, 0.5) is 0 Å². The van der Waals surface area contributed by atoms with E-state index in [0.717, 1.165) is 23.8 Å². The summed E-state index contributed by atoms with van der Waals surface area (Å²) in [5.41, 5.74) is 1.28. The van der Waals surface area contributed by atoms with Gasteiger partial charge in [-0.15, -0.1) is 0 Å². The van der Waals surface area contributed by atoms with Gasteiger partial charge in [0.2, 0.25) is 0 Å². The summed E-state index contributed by atoms with van der Waals surface area (Å²) < 4.78 is 2.04. The smallest absolute Gasteiger partial charge is 0.122 e. The molecular weight excluding hydrogens is 270 g/mol. The second kappa shape index (κ2) is 6.91. The van der Waals surface area contributed by atoms with E-state index in [1.807, 2.05) is 36.1 Å². The molecule has 108 valence electrons. The van der Waals surface area contributed by atoms with Crippen molar-refractivity contribution in [2.75, 3.05) is 0 Å². The Balaban J connectivity index is 2.12. The maximum Gasteiger partial charge on any atom is 0.122 e. The first-order valence-electron chi connectivity index (χ1n) is 7.07. The first kappa shape index (κ1) is 15.1. The van der Waals surface area contributed by atoms with Gasteiger partial charge < -0.3 is 9.88 Å². The number of nitrogens with one attached hydrogen (secondary N) is 1. The van der Waals surface area contributed by atoms with Crippen molar-refractivity contribution in [3.63, 3.8) is 0 Å². The topological polar surface area (TPSA) is 29.9 Å². The molecule has 1 N–H and O–H groups in total. The lowest BCUT2D eigenvalue weighted by Crippen LogP contribution is -2.27. The van der Waals surface area contributed by atoms with E-state index in [1.54, 1.807) is 0 Å².